The number of hydrazone groups is 1. The normalized spacial score (nSPS) is 19.8. The molecular weight excluding hydrogens is 376 g/mol. The highest BCUT2D eigenvalue weighted by Gasteiger charge is 2.35. The van der Waals surface area contributed by atoms with E-state index in [1.54, 1.807) is 22.0 Å². The average molecular weight is 397 g/mol. The van der Waals surface area contributed by atoms with Gasteiger partial charge in [-0.15, -0.1) is 0 Å². The molecule has 1 aromatic carbocycles. The van der Waals surface area contributed by atoms with Gasteiger partial charge < -0.3 is 4.90 Å². The summed E-state index contributed by atoms with van der Waals surface area (Å²) in [5, 5.41) is 6.32. The van der Waals surface area contributed by atoms with Gasteiger partial charge in [-0.25, -0.2) is 9.99 Å². The maximum atomic E-state index is 13.1. The van der Waals surface area contributed by atoms with Crippen LogP contribution in [0.15, 0.2) is 53.8 Å². The quantitative estimate of drug-likeness (QED) is 0.745. The van der Waals surface area contributed by atoms with E-state index in [1.807, 2.05) is 36.5 Å². The molecule has 0 saturated carbocycles. The van der Waals surface area contributed by atoms with Crippen LogP contribution >= 0.6 is 11.6 Å². The van der Waals surface area contributed by atoms with Crippen LogP contribution in [0.4, 0.5) is 0 Å². The predicted octanol–water partition coefficient (Wildman–Crippen LogP) is 3.55. The molecule has 0 spiro atoms. The minimum absolute atomic E-state index is 0.0338. The minimum Gasteiger partial charge on any atom is -0.339 e. The Morgan fingerprint density at radius 2 is 1.79 bits per heavy atom. The van der Waals surface area contributed by atoms with Crippen molar-refractivity contribution in [3.8, 4) is 0 Å². The third kappa shape index (κ3) is 3.78. The maximum Gasteiger partial charge on any atom is 0.255 e. The van der Waals surface area contributed by atoms with Crippen LogP contribution in [0, 0.1) is 5.92 Å². The number of amides is 2. The summed E-state index contributed by atoms with van der Waals surface area (Å²) in [7, 11) is 0. The van der Waals surface area contributed by atoms with E-state index in [9.17, 15) is 9.59 Å². The molecule has 1 unspecified atom stereocenters. The summed E-state index contributed by atoms with van der Waals surface area (Å²) in [6, 6.07) is 13.2. The van der Waals surface area contributed by atoms with Gasteiger partial charge in [0.2, 0.25) is 5.91 Å². The molecule has 0 N–H and O–H groups in total. The number of hydrogen-bond acceptors (Lipinski definition) is 4. The fourth-order valence-corrected chi connectivity index (χ4v) is 3.89. The van der Waals surface area contributed by atoms with E-state index >= 15 is 0 Å². The van der Waals surface area contributed by atoms with Crippen molar-refractivity contribution in [2.45, 2.75) is 25.3 Å². The first-order valence-corrected chi connectivity index (χ1v) is 9.82. The standard InChI is InChI=1S/C21H21ClN4O2/c22-19-7-6-17(14-23-19)20(27)25-12-9-16(10-13-25)21(28)26-18(8-11-24-26)15-4-2-1-3-5-15/h1-7,11,14,16,18H,8-10,12-13H2. The molecule has 2 aliphatic heterocycles. The molecule has 1 fully saturated rings. The lowest BCUT2D eigenvalue weighted by atomic mass is 9.94. The molecule has 0 radical (unpaired) electrons. The van der Waals surface area contributed by atoms with Gasteiger partial charge in [-0.05, 0) is 30.5 Å². The van der Waals surface area contributed by atoms with E-state index in [0.29, 0.717) is 36.6 Å². The first-order chi connectivity index (χ1) is 13.6. The van der Waals surface area contributed by atoms with E-state index in [-0.39, 0.29) is 23.8 Å². The van der Waals surface area contributed by atoms with Crippen molar-refractivity contribution in [2.75, 3.05) is 13.1 Å². The second kappa shape index (κ2) is 8.10. The van der Waals surface area contributed by atoms with Crippen LogP contribution in [0.3, 0.4) is 0 Å². The summed E-state index contributed by atoms with van der Waals surface area (Å²) in [5.41, 5.74) is 1.61. The largest absolute Gasteiger partial charge is 0.339 e. The first kappa shape index (κ1) is 18.6. The number of benzene rings is 1. The highest BCUT2D eigenvalue weighted by molar-refractivity contribution is 6.29. The third-order valence-electron chi connectivity index (χ3n) is 5.35. The van der Waals surface area contributed by atoms with Crippen LogP contribution in [0.25, 0.3) is 0 Å². The predicted molar refractivity (Wildman–Crippen MR) is 107 cm³/mol. The summed E-state index contributed by atoms with van der Waals surface area (Å²) >= 11 is 5.78. The van der Waals surface area contributed by atoms with Gasteiger partial charge in [-0.2, -0.15) is 5.10 Å². The highest BCUT2D eigenvalue weighted by atomic mass is 35.5. The first-order valence-electron chi connectivity index (χ1n) is 9.45. The second-order valence-electron chi connectivity index (χ2n) is 7.08. The van der Waals surface area contributed by atoms with E-state index in [4.69, 9.17) is 11.6 Å². The zero-order chi connectivity index (χ0) is 19.5. The number of piperidine rings is 1. The van der Waals surface area contributed by atoms with Crippen molar-refractivity contribution in [2.24, 2.45) is 11.0 Å². The minimum atomic E-state index is -0.117. The lowest BCUT2D eigenvalue weighted by Gasteiger charge is -2.33. The zero-order valence-corrected chi connectivity index (χ0v) is 16.1. The Bertz CT molecular complexity index is 877. The maximum absolute atomic E-state index is 13.1. The highest BCUT2D eigenvalue weighted by Crippen LogP contribution is 2.31. The topological polar surface area (TPSA) is 65.9 Å². The van der Waals surface area contributed by atoms with Crippen molar-refractivity contribution in [1.29, 1.82) is 0 Å². The molecule has 0 bridgehead atoms. The van der Waals surface area contributed by atoms with E-state index in [1.165, 1.54) is 6.20 Å². The van der Waals surface area contributed by atoms with Crippen LogP contribution in [0.5, 0.6) is 0 Å². The van der Waals surface area contributed by atoms with Crippen LogP contribution in [-0.2, 0) is 4.79 Å². The zero-order valence-electron chi connectivity index (χ0n) is 15.4. The molecule has 1 saturated heterocycles. The number of aromatic nitrogens is 1. The van der Waals surface area contributed by atoms with E-state index in [0.717, 1.165) is 12.0 Å². The molecule has 6 nitrogen and oxygen atoms in total. The van der Waals surface area contributed by atoms with Crippen LogP contribution in [0.1, 0.15) is 41.2 Å². The smallest absolute Gasteiger partial charge is 0.255 e. The number of likely N-dealkylation sites (tertiary alicyclic amines) is 1. The van der Waals surface area contributed by atoms with Gasteiger partial charge in [0.1, 0.15) is 5.15 Å². The van der Waals surface area contributed by atoms with Crippen molar-refractivity contribution in [3.05, 3.63) is 64.9 Å². The Morgan fingerprint density at radius 3 is 2.46 bits per heavy atom. The van der Waals surface area contributed by atoms with E-state index in [2.05, 4.69) is 10.1 Å². The fraction of sp³-hybridized carbons (Fsp3) is 0.333. The van der Waals surface area contributed by atoms with Crippen molar-refractivity contribution in [3.63, 3.8) is 0 Å². The van der Waals surface area contributed by atoms with Crippen molar-refractivity contribution in [1.82, 2.24) is 14.9 Å². The third-order valence-corrected chi connectivity index (χ3v) is 5.57. The molecule has 4 rings (SSSR count). The second-order valence-corrected chi connectivity index (χ2v) is 7.47. The molecule has 2 aliphatic rings. The summed E-state index contributed by atoms with van der Waals surface area (Å²) < 4.78 is 0. The summed E-state index contributed by atoms with van der Waals surface area (Å²) in [6.07, 6.45) is 5.31. The van der Waals surface area contributed by atoms with Crippen LogP contribution < -0.4 is 0 Å². The lowest BCUT2D eigenvalue weighted by Crippen LogP contribution is -2.43. The van der Waals surface area contributed by atoms with Crippen molar-refractivity contribution >= 4 is 29.6 Å². The molecule has 2 aromatic rings. The molecule has 7 heteroatoms. The van der Waals surface area contributed by atoms with Crippen LogP contribution in [-0.4, -0.2) is 46.0 Å². The number of hydrogen-bond donors (Lipinski definition) is 0. The van der Waals surface area contributed by atoms with Gasteiger partial charge in [-0.1, -0.05) is 41.9 Å². The Kier molecular flexibility index (Phi) is 5.39. The number of carbonyl (C=O) groups is 2. The summed E-state index contributed by atoms with van der Waals surface area (Å²) in [4.78, 5) is 31.4. The molecular formula is C21H21ClN4O2. The van der Waals surface area contributed by atoms with Gasteiger partial charge in [0.25, 0.3) is 5.91 Å². The Morgan fingerprint density at radius 1 is 1.04 bits per heavy atom. The molecule has 1 atom stereocenters. The number of rotatable bonds is 3. The van der Waals surface area contributed by atoms with Crippen LogP contribution in [0.2, 0.25) is 5.15 Å². The van der Waals surface area contributed by atoms with Gasteiger partial charge in [0.15, 0.2) is 0 Å². The van der Waals surface area contributed by atoms with E-state index < -0.39 is 0 Å². The number of nitrogens with zero attached hydrogens (tertiary/aromatic N) is 4. The van der Waals surface area contributed by atoms with Gasteiger partial charge in [0, 0.05) is 37.8 Å². The number of pyridine rings is 1. The molecule has 3 heterocycles. The average Bonchev–Trinajstić information content (AvgIpc) is 3.24. The SMILES string of the molecule is O=C(c1ccc(Cl)nc1)N1CCC(C(=O)N2N=CCC2c2ccccc2)CC1. The monoisotopic (exact) mass is 396 g/mol. The lowest BCUT2D eigenvalue weighted by molar-refractivity contribution is -0.138. The fourth-order valence-electron chi connectivity index (χ4n) is 3.78. The molecule has 0 aliphatic carbocycles. The Balaban J connectivity index is 1.38. The molecule has 144 valence electrons. The van der Waals surface area contributed by atoms with Crippen molar-refractivity contribution < 1.29 is 9.59 Å². The summed E-state index contributed by atoms with van der Waals surface area (Å²) in [6.45, 7) is 1.09. The summed E-state index contributed by atoms with van der Waals surface area (Å²) in [5.74, 6) is -0.145. The van der Waals surface area contributed by atoms with Gasteiger partial charge in [0.05, 0.1) is 11.6 Å². The molecule has 2 amide bonds. The Labute approximate surface area is 168 Å². The van der Waals surface area contributed by atoms with Gasteiger partial charge in [-0.3, -0.25) is 9.59 Å². The Hall–Kier alpha value is -2.73. The number of halogens is 1. The number of carbonyl (C=O) groups excluding carboxylic acids is 2. The molecule has 1 aromatic heterocycles. The molecule has 28 heavy (non-hydrogen) atoms. The van der Waals surface area contributed by atoms with Gasteiger partial charge >= 0.3 is 0 Å².